The first-order valence-corrected chi connectivity index (χ1v) is 11.9. The van der Waals surface area contributed by atoms with E-state index in [-0.39, 0.29) is 11.3 Å². The van der Waals surface area contributed by atoms with Crippen LogP contribution in [0.1, 0.15) is 69.1 Å². The molecule has 0 aromatic heterocycles. The summed E-state index contributed by atoms with van der Waals surface area (Å²) in [6, 6.07) is 19.4. The van der Waals surface area contributed by atoms with E-state index in [9.17, 15) is 8.78 Å². The molecule has 0 radical (unpaired) electrons. The third-order valence-electron chi connectivity index (χ3n) is 5.64. The zero-order valence-corrected chi connectivity index (χ0v) is 19.6. The Bertz CT molecular complexity index is 1070. The van der Waals surface area contributed by atoms with E-state index in [0.717, 1.165) is 36.0 Å². The Morgan fingerprint density at radius 1 is 0.667 bits per heavy atom. The molecule has 0 bridgehead atoms. The van der Waals surface area contributed by atoms with Gasteiger partial charge < -0.3 is 4.74 Å². The summed E-state index contributed by atoms with van der Waals surface area (Å²) in [5.41, 5.74) is 4.39. The van der Waals surface area contributed by atoms with Crippen LogP contribution in [-0.2, 0) is 6.42 Å². The molecule has 3 aromatic carbocycles. The smallest absolute Gasteiger partial charge is 0.201 e. The van der Waals surface area contributed by atoms with Crippen LogP contribution in [-0.4, -0.2) is 6.61 Å². The van der Waals surface area contributed by atoms with Crippen LogP contribution < -0.4 is 4.74 Å². The van der Waals surface area contributed by atoms with Crippen LogP contribution in [0, 0.1) is 23.5 Å². The van der Waals surface area contributed by atoms with Crippen LogP contribution in [0.2, 0.25) is 0 Å². The largest absolute Gasteiger partial charge is 0.490 e. The Balaban J connectivity index is 1.64. The van der Waals surface area contributed by atoms with Crippen LogP contribution in [0.15, 0.2) is 60.7 Å². The van der Waals surface area contributed by atoms with Gasteiger partial charge in [-0.1, -0.05) is 87.8 Å². The van der Waals surface area contributed by atoms with Gasteiger partial charge in [0.2, 0.25) is 5.82 Å². The first-order chi connectivity index (χ1) is 16.1. The van der Waals surface area contributed by atoms with Crippen LogP contribution in [0.5, 0.6) is 5.75 Å². The lowest BCUT2D eigenvalue weighted by Gasteiger charge is -2.07. The standard InChI is InChI=1S/C30H32F2O/c1-3-5-7-8-9-23-10-15-25(16-11-23)26-17-12-24(13-18-26)14-19-27-20-21-28(30(32)29(27)31)33-22-6-4-2/h10-13,15-18,20-21H,3-9,22H2,1-2H3. The van der Waals surface area contributed by atoms with E-state index in [1.807, 2.05) is 31.2 Å². The number of hydrogen-bond donors (Lipinski definition) is 0. The first-order valence-electron chi connectivity index (χ1n) is 11.9. The topological polar surface area (TPSA) is 9.23 Å². The second-order valence-corrected chi connectivity index (χ2v) is 8.28. The molecule has 0 amide bonds. The monoisotopic (exact) mass is 446 g/mol. The van der Waals surface area contributed by atoms with Crippen LogP contribution in [0.25, 0.3) is 11.1 Å². The van der Waals surface area contributed by atoms with Gasteiger partial charge in [-0.2, -0.15) is 4.39 Å². The molecule has 0 atom stereocenters. The van der Waals surface area contributed by atoms with Gasteiger partial charge in [0, 0.05) is 5.56 Å². The molecule has 3 aromatic rings. The summed E-state index contributed by atoms with van der Waals surface area (Å²) < 4.78 is 33.9. The van der Waals surface area contributed by atoms with Gasteiger partial charge in [-0.25, -0.2) is 4.39 Å². The van der Waals surface area contributed by atoms with Crippen LogP contribution in [0.3, 0.4) is 0 Å². The van der Waals surface area contributed by atoms with Gasteiger partial charge in [0.25, 0.3) is 0 Å². The van der Waals surface area contributed by atoms with Gasteiger partial charge in [0.15, 0.2) is 11.6 Å². The summed E-state index contributed by atoms with van der Waals surface area (Å²) in [7, 11) is 0. The van der Waals surface area contributed by atoms with E-state index < -0.39 is 11.6 Å². The summed E-state index contributed by atoms with van der Waals surface area (Å²) in [5.74, 6) is 3.64. The second kappa shape index (κ2) is 12.8. The fourth-order valence-electron chi connectivity index (χ4n) is 3.57. The van der Waals surface area contributed by atoms with Crippen LogP contribution >= 0.6 is 0 Å². The third kappa shape index (κ3) is 7.19. The highest BCUT2D eigenvalue weighted by Crippen LogP contribution is 2.23. The maximum Gasteiger partial charge on any atom is 0.201 e. The predicted molar refractivity (Wildman–Crippen MR) is 132 cm³/mol. The van der Waals surface area contributed by atoms with E-state index in [2.05, 4.69) is 43.0 Å². The minimum atomic E-state index is -0.984. The molecule has 1 nitrogen and oxygen atoms in total. The molecule has 33 heavy (non-hydrogen) atoms. The third-order valence-corrected chi connectivity index (χ3v) is 5.64. The van der Waals surface area contributed by atoms with E-state index >= 15 is 0 Å². The van der Waals surface area contributed by atoms with Gasteiger partial charge in [0.1, 0.15) is 0 Å². The van der Waals surface area contributed by atoms with Crippen molar-refractivity contribution in [3.63, 3.8) is 0 Å². The molecule has 172 valence electrons. The van der Waals surface area contributed by atoms with Crippen molar-refractivity contribution in [2.75, 3.05) is 6.61 Å². The molecular formula is C30H32F2O. The number of aryl methyl sites for hydroxylation is 1. The van der Waals surface area contributed by atoms with Crippen molar-refractivity contribution < 1.29 is 13.5 Å². The number of benzene rings is 3. The molecule has 0 spiro atoms. The lowest BCUT2D eigenvalue weighted by Crippen LogP contribution is -2.01. The molecule has 0 aliphatic rings. The molecule has 0 saturated heterocycles. The lowest BCUT2D eigenvalue weighted by atomic mass is 10.0. The average Bonchev–Trinajstić information content (AvgIpc) is 2.85. The zero-order valence-electron chi connectivity index (χ0n) is 19.6. The van der Waals surface area contributed by atoms with Crippen molar-refractivity contribution in [3.05, 3.63) is 89.0 Å². The maximum atomic E-state index is 14.4. The molecule has 0 aliphatic carbocycles. The van der Waals surface area contributed by atoms with Gasteiger partial charge in [-0.3, -0.25) is 0 Å². The first kappa shape index (κ1) is 24.5. The molecule has 0 N–H and O–H groups in total. The molecule has 0 aliphatic heterocycles. The molecule has 3 rings (SSSR count). The van der Waals surface area contributed by atoms with Crippen molar-refractivity contribution in [2.45, 2.75) is 58.8 Å². The molecule has 0 fully saturated rings. The normalized spacial score (nSPS) is 10.5. The van der Waals surface area contributed by atoms with Crippen molar-refractivity contribution in [2.24, 2.45) is 0 Å². The highest BCUT2D eigenvalue weighted by molar-refractivity contribution is 5.64. The fourth-order valence-corrected chi connectivity index (χ4v) is 3.57. The summed E-state index contributed by atoms with van der Waals surface area (Å²) in [6.07, 6.45) is 7.92. The minimum Gasteiger partial charge on any atom is -0.490 e. The molecule has 3 heteroatoms. The van der Waals surface area contributed by atoms with Crippen molar-refractivity contribution in [3.8, 4) is 28.7 Å². The quantitative estimate of drug-likeness (QED) is 0.225. The fraction of sp³-hybridized carbons (Fsp3) is 0.333. The van der Waals surface area contributed by atoms with E-state index in [1.54, 1.807) is 0 Å². The minimum absolute atomic E-state index is 0.0222. The Morgan fingerprint density at radius 3 is 2.00 bits per heavy atom. The number of unbranched alkanes of at least 4 members (excludes halogenated alkanes) is 4. The van der Waals surface area contributed by atoms with Crippen molar-refractivity contribution in [1.29, 1.82) is 0 Å². The summed E-state index contributed by atoms with van der Waals surface area (Å²) >= 11 is 0. The highest BCUT2D eigenvalue weighted by atomic mass is 19.2. The highest BCUT2D eigenvalue weighted by Gasteiger charge is 2.13. The summed E-state index contributed by atoms with van der Waals surface area (Å²) in [4.78, 5) is 0. The zero-order chi connectivity index (χ0) is 23.5. The second-order valence-electron chi connectivity index (χ2n) is 8.28. The molecule has 0 heterocycles. The number of ether oxygens (including phenoxy) is 1. The Morgan fingerprint density at radius 2 is 1.33 bits per heavy atom. The number of rotatable bonds is 10. The Hall–Kier alpha value is -3.12. The van der Waals surface area contributed by atoms with Crippen molar-refractivity contribution >= 4 is 0 Å². The number of halogens is 2. The molecular weight excluding hydrogens is 414 g/mol. The van der Waals surface area contributed by atoms with Crippen LogP contribution in [0.4, 0.5) is 8.78 Å². The SMILES string of the molecule is CCCCCCc1ccc(-c2ccc(C#Cc3ccc(OCCCC)c(F)c3F)cc2)cc1. The van der Waals surface area contributed by atoms with Gasteiger partial charge >= 0.3 is 0 Å². The maximum absolute atomic E-state index is 14.4. The van der Waals surface area contributed by atoms with E-state index in [0.29, 0.717) is 6.61 Å². The predicted octanol–water partition coefficient (Wildman–Crippen LogP) is 8.33. The van der Waals surface area contributed by atoms with Gasteiger partial charge in [-0.05, 0) is 60.2 Å². The Labute approximate surface area is 196 Å². The average molecular weight is 447 g/mol. The van der Waals surface area contributed by atoms with Crippen molar-refractivity contribution in [1.82, 2.24) is 0 Å². The Kier molecular flexibility index (Phi) is 9.51. The summed E-state index contributed by atoms with van der Waals surface area (Å²) in [5, 5.41) is 0. The van der Waals surface area contributed by atoms with Gasteiger partial charge in [0.05, 0.1) is 12.2 Å². The summed E-state index contributed by atoms with van der Waals surface area (Å²) in [6.45, 7) is 4.61. The van der Waals surface area contributed by atoms with E-state index in [4.69, 9.17) is 4.74 Å². The van der Waals surface area contributed by atoms with Gasteiger partial charge in [-0.15, -0.1) is 0 Å². The number of hydrogen-bond acceptors (Lipinski definition) is 1. The molecule has 0 saturated carbocycles. The molecule has 0 unspecified atom stereocenters. The van der Waals surface area contributed by atoms with E-state index in [1.165, 1.54) is 43.4 Å². The lowest BCUT2D eigenvalue weighted by molar-refractivity contribution is 0.288.